The molecule has 0 amide bonds. The molecule has 1 heterocycles. The number of hydrogen-bond donors (Lipinski definition) is 0. The smallest absolute Gasteiger partial charge is 0.142 e. The number of rotatable bonds is 7. The minimum atomic E-state index is 0.481. The van der Waals surface area contributed by atoms with Crippen molar-refractivity contribution in [1.29, 1.82) is 0 Å². The van der Waals surface area contributed by atoms with Gasteiger partial charge in [0.05, 0.1) is 5.71 Å². The Morgan fingerprint density at radius 2 is 1.68 bits per heavy atom. The summed E-state index contributed by atoms with van der Waals surface area (Å²) in [5.74, 6) is 0.893. The average Bonchev–Trinajstić information content (AvgIpc) is 3.15. The zero-order valence-electron chi connectivity index (χ0n) is 15.1. The molecule has 0 radical (unpaired) electrons. The van der Waals surface area contributed by atoms with E-state index in [4.69, 9.17) is 9.57 Å². The number of likely N-dealkylation sites (tertiary alicyclic amines) is 1. The third-order valence-electron chi connectivity index (χ3n) is 4.44. The number of oxime groups is 1. The van der Waals surface area contributed by atoms with Crippen LogP contribution >= 0.6 is 0 Å². The van der Waals surface area contributed by atoms with E-state index in [9.17, 15) is 0 Å². The van der Waals surface area contributed by atoms with Gasteiger partial charge in [-0.2, -0.15) is 0 Å². The van der Waals surface area contributed by atoms with Crippen molar-refractivity contribution in [3.05, 3.63) is 65.2 Å². The van der Waals surface area contributed by atoms with Crippen molar-refractivity contribution < 1.29 is 9.57 Å². The summed E-state index contributed by atoms with van der Waals surface area (Å²) >= 11 is 0. The van der Waals surface area contributed by atoms with Crippen molar-refractivity contribution in [2.45, 2.75) is 33.3 Å². The lowest BCUT2D eigenvalue weighted by molar-refractivity contribution is 0.130. The van der Waals surface area contributed by atoms with Gasteiger partial charge in [0.1, 0.15) is 19.1 Å². The van der Waals surface area contributed by atoms with Crippen molar-refractivity contribution in [2.75, 3.05) is 19.8 Å². The number of aryl methyl sites for hydroxylation is 1. The largest absolute Gasteiger partial charge is 0.478 e. The van der Waals surface area contributed by atoms with Crippen LogP contribution in [0.1, 0.15) is 36.5 Å². The maximum atomic E-state index is 5.83. The summed E-state index contributed by atoms with van der Waals surface area (Å²) in [5.41, 5.74) is 4.26. The van der Waals surface area contributed by atoms with Crippen molar-refractivity contribution in [3.8, 4) is 5.75 Å². The Morgan fingerprint density at radius 3 is 2.36 bits per heavy atom. The molecule has 0 N–H and O–H groups in total. The third-order valence-corrected chi connectivity index (χ3v) is 4.44. The quantitative estimate of drug-likeness (QED) is 0.555. The first kappa shape index (κ1) is 17.5. The summed E-state index contributed by atoms with van der Waals surface area (Å²) in [6.45, 7) is 7.46. The predicted octanol–water partition coefficient (Wildman–Crippen LogP) is 4.37. The molecule has 3 rings (SSSR count). The first-order valence-electron chi connectivity index (χ1n) is 8.88. The molecule has 1 aliphatic heterocycles. The molecule has 0 saturated carbocycles. The maximum absolute atomic E-state index is 5.83. The summed E-state index contributed by atoms with van der Waals surface area (Å²) < 4.78 is 5.83. The minimum Gasteiger partial charge on any atom is -0.478 e. The van der Waals surface area contributed by atoms with Crippen molar-refractivity contribution in [3.63, 3.8) is 0 Å². The first-order valence-corrected chi connectivity index (χ1v) is 8.88. The third kappa shape index (κ3) is 5.33. The Bertz CT molecular complexity index is 687. The van der Waals surface area contributed by atoms with E-state index in [1.807, 2.05) is 31.2 Å². The maximum Gasteiger partial charge on any atom is 0.142 e. The van der Waals surface area contributed by atoms with E-state index in [1.54, 1.807) is 0 Å². The zero-order valence-corrected chi connectivity index (χ0v) is 15.1. The molecule has 2 aromatic rings. The van der Waals surface area contributed by atoms with E-state index in [-0.39, 0.29) is 0 Å². The Morgan fingerprint density at radius 1 is 1.00 bits per heavy atom. The molecule has 4 heteroatoms. The lowest BCUT2D eigenvalue weighted by Gasteiger charge is -2.15. The van der Waals surface area contributed by atoms with Crippen LogP contribution in [-0.4, -0.2) is 30.4 Å². The molecule has 132 valence electrons. The molecule has 1 saturated heterocycles. The molecule has 2 aromatic carbocycles. The fourth-order valence-corrected chi connectivity index (χ4v) is 2.81. The lowest BCUT2D eigenvalue weighted by atomic mass is 10.1. The predicted molar refractivity (Wildman–Crippen MR) is 101 cm³/mol. The minimum absolute atomic E-state index is 0.481. The second kappa shape index (κ2) is 8.67. The van der Waals surface area contributed by atoms with Crippen LogP contribution in [0, 0.1) is 6.92 Å². The van der Waals surface area contributed by atoms with Crippen LogP contribution < -0.4 is 4.74 Å². The number of benzene rings is 2. The highest BCUT2D eigenvalue weighted by Crippen LogP contribution is 2.15. The van der Waals surface area contributed by atoms with Crippen molar-refractivity contribution in [1.82, 2.24) is 4.90 Å². The van der Waals surface area contributed by atoms with Gasteiger partial charge in [0.15, 0.2) is 0 Å². The monoisotopic (exact) mass is 338 g/mol. The van der Waals surface area contributed by atoms with Gasteiger partial charge in [-0.05, 0) is 62.1 Å². The van der Waals surface area contributed by atoms with Crippen molar-refractivity contribution >= 4 is 5.71 Å². The van der Waals surface area contributed by atoms with Crippen molar-refractivity contribution in [2.24, 2.45) is 5.16 Å². The molecular weight excluding hydrogens is 312 g/mol. The van der Waals surface area contributed by atoms with E-state index in [0.29, 0.717) is 13.3 Å². The highest BCUT2D eigenvalue weighted by Gasteiger charge is 2.11. The van der Waals surface area contributed by atoms with Gasteiger partial charge in [0.2, 0.25) is 0 Å². The van der Waals surface area contributed by atoms with Crippen LogP contribution in [0.25, 0.3) is 0 Å². The van der Waals surface area contributed by atoms with Gasteiger partial charge in [-0.25, -0.2) is 0 Å². The summed E-state index contributed by atoms with van der Waals surface area (Å²) in [6.07, 6.45) is 2.56. The SMILES string of the molecule is C/C(=N\OCc1ccc(C)cc1)c1ccc(OCN2CCCC2)cc1. The second-order valence-corrected chi connectivity index (χ2v) is 6.56. The molecule has 0 unspecified atom stereocenters. The van der Waals surface area contributed by atoms with Crippen LogP contribution in [0.3, 0.4) is 0 Å². The van der Waals surface area contributed by atoms with E-state index in [1.165, 1.54) is 18.4 Å². The fraction of sp³-hybridized carbons (Fsp3) is 0.381. The molecule has 0 atom stereocenters. The number of hydrogen-bond acceptors (Lipinski definition) is 4. The van der Waals surface area contributed by atoms with Gasteiger partial charge in [0, 0.05) is 13.1 Å². The molecule has 1 fully saturated rings. The van der Waals surface area contributed by atoms with Gasteiger partial charge in [-0.1, -0.05) is 35.0 Å². The van der Waals surface area contributed by atoms with Gasteiger partial charge in [-0.15, -0.1) is 0 Å². The molecule has 0 bridgehead atoms. The lowest BCUT2D eigenvalue weighted by Crippen LogP contribution is -2.24. The number of nitrogens with zero attached hydrogens (tertiary/aromatic N) is 2. The molecule has 4 nitrogen and oxygen atoms in total. The Balaban J connectivity index is 1.49. The Labute approximate surface area is 150 Å². The Kier molecular flexibility index (Phi) is 6.07. The summed E-state index contributed by atoms with van der Waals surface area (Å²) in [5, 5.41) is 4.22. The summed E-state index contributed by atoms with van der Waals surface area (Å²) in [7, 11) is 0. The van der Waals surface area contributed by atoms with Crippen LogP contribution in [0.15, 0.2) is 53.7 Å². The zero-order chi connectivity index (χ0) is 17.5. The summed E-state index contributed by atoms with van der Waals surface area (Å²) in [6, 6.07) is 16.3. The molecule has 1 aliphatic rings. The van der Waals surface area contributed by atoms with Crippen LogP contribution in [0.5, 0.6) is 5.75 Å². The van der Waals surface area contributed by atoms with Gasteiger partial charge >= 0.3 is 0 Å². The summed E-state index contributed by atoms with van der Waals surface area (Å²) in [4.78, 5) is 7.80. The molecule has 0 spiro atoms. The topological polar surface area (TPSA) is 34.1 Å². The highest BCUT2D eigenvalue weighted by atomic mass is 16.6. The standard InChI is InChI=1S/C21H26N2O2/c1-17-5-7-19(8-6-17)15-25-22-18(2)20-9-11-21(12-10-20)24-16-23-13-3-4-14-23/h5-12H,3-4,13-16H2,1-2H3/b22-18+. The van der Waals surface area contributed by atoms with E-state index >= 15 is 0 Å². The highest BCUT2D eigenvalue weighted by molar-refractivity contribution is 5.98. The van der Waals surface area contributed by atoms with Gasteiger partial charge in [0.25, 0.3) is 0 Å². The molecule has 0 aromatic heterocycles. The van der Waals surface area contributed by atoms with Gasteiger partial charge in [-0.3, -0.25) is 4.90 Å². The molecule has 25 heavy (non-hydrogen) atoms. The Hall–Kier alpha value is -2.33. The van der Waals surface area contributed by atoms with Crippen LogP contribution in [-0.2, 0) is 11.4 Å². The number of ether oxygens (including phenoxy) is 1. The molecule has 0 aliphatic carbocycles. The normalized spacial score (nSPS) is 15.4. The van der Waals surface area contributed by atoms with Crippen LogP contribution in [0.2, 0.25) is 0 Å². The average molecular weight is 338 g/mol. The molecular formula is C21H26N2O2. The fourth-order valence-electron chi connectivity index (χ4n) is 2.81. The van der Waals surface area contributed by atoms with E-state index in [2.05, 4.69) is 41.2 Å². The van der Waals surface area contributed by atoms with E-state index in [0.717, 1.165) is 35.7 Å². The first-order chi connectivity index (χ1) is 12.2. The van der Waals surface area contributed by atoms with Gasteiger partial charge < -0.3 is 9.57 Å². The van der Waals surface area contributed by atoms with E-state index < -0.39 is 0 Å². The van der Waals surface area contributed by atoms with Crippen LogP contribution in [0.4, 0.5) is 0 Å². The second-order valence-electron chi connectivity index (χ2n) is 6.56.